The van der Waals surface area contributed by atoms with Crippen LogP contribution < -0.4 is 10.6 Å². The van der Waals surface area contributed by atoms with Gasteiger partial charge < -0.3 is 10.6 Å². The summed E-state index contributed by atoms with van der Waals surface area (Å²) in [5.41, 5.74) is 8.59. The first kappa shape index (κ1) is 17.8. The van der Waals surface area contributed by atoms with Gasteiger partial charge in [-0.25, -0.2) is 4.98 Å². The van der Waals surface area contributed by atoms with Gasteiger partial charge in [0.25, 0.3) is 0 Å². The molecule has 4 aromatic rings. The van der Waals surface area contributed by atoms with Crippen molar-refractivity contribution in [3.8, 4) is 33.6 Å². The van der Waals surface area contributed by atoms with Crippen LogP contribution in [0.5, 0.6) is 0 Å². The predicted octanol–water partition coefficient (Wildman–Crippen LogP) is 6.17. The smallest absolute Gasteiger partial charge is 0.0715 e. The van der Waals surface area contributed by atoms with Crippen LogP contribution in [-0.4, -0.2) is 19.1 Å². The van der Waals surface area contributed by atoms with Gasteiger partial charge in [0.2, 0.25) is 0 Å². The summed E-state index contributed by atoms with van der Waals surface area (Å²) in [7, 11) is 3.89. The van der Waals surface area contributed by atoms with Gasteiger partial charge >= 0.3 is 0 Å². The van der Waals surface area contributed by atoms with Gasteiger partial charge in [0.15, 0.2) is 0 Å². The highest BCUT2D eigenvalue weighted by molar-refractivity contribution is 5.85. The van der Waals surface area contributed by atoms with Gasteiger partial charge in [0.05, 0.1) is 11.4 Å². The molecule has 0 bridgehead atoms. The topological polar surface area (TPSA) is 37.0 Å². The molecule has 138 valence electrons. The van der Waals surface area contributed by atoms with E-state index in [0.717, 1.165) is 45.0 Å². The number of hydrogen-bond acceptors (Lipinski definition) is 3. The summed E-state index contributed by atoms with van der Waals surface area (Å²) in [6.07, 6.45) is 0. The Morgan fingerprint density at radius 1 is 0.571 bits per heavy atom. The number of pyridine rings is 1. The lowest BCUT2D eigenvalue weighted by molar-refractivity contribution is 1.32. The van der Waals surface area contributed by atoms with Crippen molar-refractivity contribution in [3.05, 3.63) is 91.0 Å². The zero-order chi connectivity index (χ0) is 19.3. The molecule has 3 heteroatoms. The molecule has 0 aliphatic heterocycles. The fourth-order valence-electron chi connectivity index (χ4n) is 3.36. The van der Waals surface area contributed by atoms with Crippen molar-refractivity contribution in [2.45, 2.75) is 0 Å². The average Bonchev–Trinajstić information content (AvgIpc) is 2.79. The van der Waals surface area contributed by atoms with E-state index in [0.29, 0.717) is 0 Å². The van der Waals surface area contributed by atoms with Gasteiger partial charge in [-0.2, -0.15) is 0 Å². The summed E-state index contributed by atoms with van der Waals surface area (Å²) in [6, 6.07) is 31.3. The third kappa shape index (κ3) is 3.60. The molecule has 0 amide bonds. The number of nitrogens with zero attached hydrogens (tertiary/aromatic N) is 1. The van der Waals surface area contributed by atoms with Crippen LogP contribution >= 0.6 is 0 Å². The van der Waals surface area contributed by atoms with Gasteiger partial charge in [-0.15, -0.1) is 0 Å². The minimum Gasteiger partial charge on any atom is -0.388 e. The Labute approximate surface area is 166 Å². The summed E-state index contributed by atoms with van der Waals surface area (Å²) >= 11 is 0. The first-order valence-electron chi connectivity index (χ1n) is 9.41. The Bertz CT molecular complexity index is 1020. The first-order valence-corrected chi connectivity index (χ1v) is 9.41. The number of rotatable bonds is 5. The standard InChI is InChI=1S/C25H23N3/c1-26-21-13-14-23(27-2)22(17-21)20-15-24(18-9-5-3-6-10-18)28-25(16-20)19-11-7-4-8-12-19/h3-17,26-27H,1-2H3. The van der Waals surface area contributed by atoms with Crippen LogP contribution in [0.15, 0.2) is 91.0 Å². The molecule has 0 fully saturated rings. The van der Waals surface area contributed by atoms with E-state index < -0.39 is 0 Å². The summed E-state index contributed by atoms with van der Waals surface area (Å²) in [4.78, 5) is 4.96. The van der Waals surface area contributed by atoms with Crippen molar-refractivity contribution in [1.29, 1.82) is 0 Å². The van der Waals surface area contributed by atoms with Crippen LogP contribution in [0, 0.1) is 0 Å². The first-order chi connectivity index (χ1) is 13.8. The molecule has 28 heavy (non-hydrogen) atoms. The Morgan fingerprint density at radius 2 is 1.14 bits per heavy atom. The van der Waals surface area contributed by atoms with Crippen molar-refractivity contribution >= 4 is 11.4 Å². The Morgan fingerprint density at radius 3 is 1.64 bits per heavy atom. The number of nitrogens with one attached hydrogen (secondary N) is 2. The Balaban J connectivity index is 1.95. The quantitative estimate of drug-likeness (QED) is 0.444. The third-order valence-electron chi connectivity index (χ3n) is 4.85. The van der Waals surface area contributed by atoms with Crippen molar-refractivity contribution in [1.82, 2.24) is 4.98 Å². The molecule has 1 aromatic heterocycles. The molecule has 3 nitrogen and oxygen atoms in total. The zero-order valence-electron chi connectivity index (χ0n) is 16.1. The van der Waals surface area contributed by atoms with Crippen LogP contribution in [0.3, 0.4) is 0 Å². The number of anilines is 2. The highest BCUT2D eigenvalue weighted by Gasteiger charge is 2.11. The Hall–Kier alpha value is -3.59. The highest BCUT2D eigenvalue weighted by Crippen LogP contribution is 2.35. The largest absolute Gasteiger partial charge is 0.388 e. The van der Waals surface area contributed by atoms with Crippen molar-refractivity contribution < 1.29 is 0 Å². The molecule has 0 aliphatic rings. The summed E-state index contributed by atoms with van der Waals surface area (Å²) in [5, 5.41) is 6.55. The van der Waals surface area contributed by atoms with Gasteiger partial charge in [-0.05, 0) is 35.9 Å². The normalized spacial score (nSPS) is 10.5. The zero-order valence-corrected chi connectivity index (χ0v) is 16.1. The van der Waals surface area contributed by atoms with Crippen molar-refractivity contribution in [2.75, 3.05) is 24.7 Å². The highest BCUT2D eigenvalue weighted by atomic mass is 14.8. The van der Waals surface area contributed by atoms with Gasteiger partial charge in [0, 0.05) is 42.2 Å². The van der Waals surface area contributed by atoms with Crippen LogP contribution in [-0.2, 0) is 0 Å². The fraction of sp³-hybridized carbons (Fsp3) is 0.0800. The predicted molar refractivity (Wildman–Crippen MR) is 120 cm³/mol. The van der Waals surface area contributed by atoms with E-state index >= 15 is 0 Å². The van der Waals surface area contributed by atoms with Crippen LogP contribution in [0.1, 0.15) is 0 Å². The lowest BCUT2D eigenvalue weighted by Crippen LogP contribution is -1.97. The average molecular weight is 365 g/mol. The van der Waals surface area contributed by atoms with E-state index in [1.54, 1.807) is 0 Å². The van der Waals surface area contributed by atoms with Gasteiger partial charge in [-0.3, -0.25) is 0 Å². The molecule has 0 radical (unpaired) electrons. The number of benzene rings is 3. The molecule has 0 saturated heterocycles. The molecule has 0 unspecified atom stereocenters. The maximum Gasteiger partial charge on any atom is 0.0715 e. The van der Waals surface area contributed by atoms with E-state index in [4.69, 9.17) is 4.98 Å². The molecular formula is C25H23N3. The number of aromatic nitrogens is 1. The van der Waals surface area contributed by atoms with Crippen LogP contribution in [0.4, 0.5) is 11.4 Å². The molecule has 0 spiro atoms. The third-order valence-corrected chi connectivity index (χ3v) is 4.85. The molecule has 3 aromatic carbocycles. The monoisotopic (exact) mass is 365 g/mol. The van der Waals surface area contributed by atoms with E-state index in [1.807, 2.05) is 50.5 Å². The maximum atomic E-state index is 4.96. The van der Waals surface area contributed by atoms with E-state index in [-0.39, 0.29) is 0 Å². The Kier molecular flexibility index (Phi) is 5.07. The molecular weight excluding hydrogens is 342 g/mol. The van der Waals surface area contributed by atoms with E-state index in [9.17, 15) is 0 Å². The van der Waals surface area contributed by atoms with Crippen molar-refractivity contribution in [3.63, 3.8) is 0 Å². The van der Waals surface area contributed by atoms with E-state index in [1.165, 1.54) is 0 Å². The lowest BCUT2D eigenvalue weighted by Gasteiger charge is -2.15. The van der Waals surface area contributed by atoms with Crippen molar-refractivity contribution in [2.24, 2.45) is 0 Å². The van der Waals surface area contributed by atoms with Crippen LogP contribution in [0.2, 0.25) is 0 Å². The van der Waals surface area contributed by atoms with Crippen LogP contribution in [0.25, 0.3) is 33.6 Å². The summed E-state index contributed by atoms with van der Waals surface area (Å²) in [6.45, 7) is 0. The van der Waals surface area contributed by atoms with E-state index in [2.05, 4.69) is 65.2 Å². The second-order valence-corrected chi connectivity index (χ2v) is 6.62. The maximum absolute atomic E-state index is 4.96. The molecule has 0 atom stereocenters. The summed E-state index contributed by atoms with van der Waals surface area (Å²) < 4.78 is 0. The fourth-order valence-corrected chi connectivity index (χ4v) is 3.36. The lowest BCUT2D eigenvalue weighted by atomic mass is 9.98. The molecule has 1 heterocycles. The second-order valence-electron chi connectivity index (χ2n) is 6.62. The SMILES string of the molecule is CNc1ccc(NC)c(-c2cc(-c3ccccc3)nc(-c3ccccc3)c2)c1. The summed E-state index contributed by atoms with van der Waals surface area (Å²) in [5.74, 6) is 0. The minimum absolute atomic E-state index is 0.967. The number of hydrogen-bond donors (Lipinski definition) is 2. The minimum atomic E-state index is 0.967. The van der Waals surface area contributed by atoms with Gasteiger partial charge in [0.1, 0.15) is 0 Å². The molecule has 2 N–H and O–H groups in total. The molecule has 0 saturated carbocycles. The second kappa shape index (κ2) is 7.97. The molecule has 0 aliphatic carbocycles. The molecule has 4 rings (SSSR count). The van der Waals surface area contributed by atoms with Gasteiger partial charge in [-0.1, -0.05) is 60.7 Å².